The first-order valence-electron chi connectivity index (χ1n) is 8.99. The number of fused-ring (bicyclic) bond motifs is 1. The summed E-state index contributed by atoms with van der Waals surface area (Å²) >= 11 is 3.37. The molecule has 4 rings (SSSR count). The minimum atomic E-state index is -0.0841. The van der Waals surface area contributed by atoms with Crippen molar-refractivity contribution in [2.75, 3.05) is 11.4 Å². The Hall–Kier alpha value is -2.66. The van der Waals surface area contributed by atoms with Gasteiger partial charge >= 0.3 is 0 Å². The average molecular weight is 422 g/mol. The number of halogens is 1. The summed E-state index contributed by atoms with van der Waals surface area (Å²) in [4.78, 5) is 19.1. The standard InChI is InChI=1S/C22H20BrN3O/c23-20-8-6-18(7-9-20)22(27)25-14-16-5-10-21(24-13-16)26-12-11-17-3-1-2-4-19(17)15-26/h1-10,13H,11-12,14-15H2,(H,25,27). The number of rotatable bonds is 4. The second-order valence-corrected chi connectivity index (χ2v) is 7.57. The second kappa shape index (κ2) is 7.92. The van der Waals surface area contributed by atoms with E-state index in [1.54, 1.807) is 12.1 Å². The van der Waals surface area contributed by atoms with Gasteiger partial charge in [0.2, 0.25) is 0 Å². The molecule has 5 heteroatoms. The Morgan fingerprint density at radius 2 is 1.81 bits per heavy atom. The average Bonchev–Trinajstić information content (AvgIpc) is 2.72. The van der Waals surface area contributed by atoms with Crippen LogP contribution in [0.5, 0.6) is 0 Å². The second-order valence-electron chi connectivity index (χ2n) is 6.65. The van der Waals surface area contributed by atoms with Crippen LogP contribution in [-0.4, -0.2) is 17.4 Å². The summed E-state index contributed by atoms with van der Waals surface area (Å²) in [6.07, 6.45) is 2.89. The van der Waals surface area contributed by atoms with Crippen molar-refractivity contribution in [3.05, 3.63) is 93.6 Å². The predicted octanol–water partition coefficient (Wildman–Crippen LogP) is 4.34. The molecule has 27 heavy (non-hydrogen) atoms. The molecular formula is C22H20BrN3O. The molecule has 0 aliphatic carbocycles. The molecule has 1 N–H and O–H groups in total. The molecule has 0 fully saturated rings. The van der Waals surface area contributed by atoms with E-state index in [9.17, 15) is 4.79 Å². The van der Waals surface area contributed by atoms with E-state index in [-0.39, 0.29) is 5.91 Å². The maximum atomic E-state index is 12.2. The summed E-state index contributed by atoms with van der Waals surface area (Å²) in [5.74, 6) is 0.895. The molecule has 1 amide bonds. The Balaban J connectivity index is 1.37. The number of aromatic nitrogens is 1. The summed E-state index contributed by atoms with van der Waals surface area (Å²) in [6, 6.07) is 20.0. The summed E-state index contributed by atoms with van der Waals surface area (Å²) in [5, 5.41) is 2.94. The van der Waals surface area contributed by atoms with Crippen LogP contribution in [0, 0.1) is 0 Å². The van der Waals surface area contributed by atoms with Gasteiger partial charge in [0.15, 0.2) is 0 Å². The lowest BCUT2D eigenvalue weighted by Gasteiger charge is -2.29. The van der Waals surface area contributed by atoms with E-state index >= 15 is 0 Å². The molecule has 2 heterocycles. The first-order chi connectivity index (χ1) is 13.2. The number of carbonyl (C=O) groups excluding carboxylic acids is 1. The van der Waals surface area contributed by atoms with Gasteiger partial charge in [-0.1, -0.05) is 46.3 Å². The molecule has 0 atom stereocenters. The van der Waals surface area contributed by atoms with E-state index in [2.05, 4.69) is 55.4 Å². The highest BCUT2D eigenvalue weighted by Crippen LogP contribution is 2.23. The van der Waals surface area contributed by atoms with Crippen LogP contribution in [0.4, 0.5) is 5.82 Å². The van der Waals surface area contributed by atoms with Gasteiger partial charge in [0.1, 0.15) is 5.82 Å². The minimum Gasteiger partial charge on any atom is -0.352 e. The van der Waals surface area contributed by atoms with Crippen molar-refractivity contribution in [2.24, 2.45) is 0 Å². The number of nitrogens with one attached hydrogen (secondary N) is 1. The van der Waals surface area contributed by atoms with Crippen LogP contribution in [0.3, 0.4) is 0 Å². The van der Waals surface area contributed by atoms with Gasteiger partial charge in [-0.05, 0) is 53.4 Å². The Morgan fingerprint density at radius 3 is 2.56 bits per heavy atom. The smallest absolute Gasteiger partial charge is 0.251 e. The first kappa shape index (κ1) is 17.7. The Bertz CT molecular complexity index is 939. The molecule has 0 bridgehead atoms. The molecule has 3 aromatic rings. The lowest BCUT2D eigenvalue weighted by molar-refractivity contribution is 0.0951. The lowest BCUT2D eigenvalue weighted by atomic mass is 10.00. The zero-order valence-electron chi connectivity index (χ0n) is 14.9. The highest BCUT2D eigenvalue weighted by Gasteiger charge is 2.16. The van der Waals surface area contributed by atoms with E-state index in [0.717, 1.165) is 35.4 Å². The van der Waals surface area contributed by atoms with Crippen molar-refractivity contribution >= 4 is 27.7 Å². The topological polar surface area (TPSA) is 45.2 Å². The summed E-state index contributed by atoms with van der Waals surface area (Å²) in [5.41, 5.74) is 4.44. The van der Waals surface area contributed by atoms with Crippen molar-refractivity contribution in [1.29, 1.82) is 0 Å². The normalized spacial score (nSPS) is 13.1. The molecule has 0 spiro atoms. The van der Waals surface area contributed by atoms with Gasteiger partial charge in [-0.15, -0.1) is 0 Å². The van der Waals surface area contributed by atoms with Gasteiger partial charge in [-0.2, -0.15) is 0 Å². The van der Waals surface area contributed by atoms with Gasteiger partial charge in [-0.25, -0.2) is 4.98 Å². The van der Waals surface area contributed by atoms with E-state index in [1.807, 2.05) is 30.5 Å². The van der Waals surface area contributed by atoms with Crippen LogP contribution in [-0.2, 0) is 19.5 Å². The minimum absolute atomic E-state index is 0.0841. The molecular weight excluding hydrogens is 402 g/mol. The Morgan fingerprint density at radius 1 is 1.04 bits per heavy atom. The lowest BCUT2D eigenvalue weighted by Crippen LogP contribution is -2.31. The quantitative estimate of drug-likeness (QED) is 0.681. The SMILES string of the molecule is O=C(NCc1ccc(N2CCc3ccccc3C2)nc1)c1ccc(Br)cc1. The fourth-order valence-electron chi connectivity index (χ4n) is 3.29. The van der Waals surface area contributed by atoms with Gasteiger partial charge in [0.05, 0.1) is 0 Å². The zero-order chi connectivity index (χ0) is 18.6. The molecule has 2 aromatic carbocycles. The summed E-state index contributed by atoms with van der Waals surface area (Å²) < 4.78 is 0.958. The summed E-state index contributed by atoms with van der Waals surface area (Å²) in [6.45, 7) is 2.33. The van der Waals surface area contributed by atoms with E-state index in [0.29, 0.717) is 12.1 Å². The molecule has 0 saturated heterocycles. The van der Waals surface area contributed by atoms with Crippen LogP contribution in [0.25, 0.3) is 0 Å². The van der Waals surface area contributed by atoms with E-state index < -0.39 is 0 Å². The van der Waals surface area contributed by atoms with Gasteiger partial charge in [-0.3, -0.25) is 4.79 Å². The van der Waals surface area contributed by atoms with Crippen molar-refractivity contribution < 1.29 is 4.79 Å². The van der Waals surface area contributed by atoms with Crippen molar-refractivity contribution in [3.63, 3.8) is 0 Å². The predicted molar refractivity (Wildman–Crippen MR) is 111 cm³/mol. The number of hydrogen-bond donors (Lipinski definition) is 1. The van der Waals surface area contributed by atoms with Gasteiger partial charge in [0, 0.05) is 35.9 Å². The number of anilines is 1. The third-order valence-corrected chi connectivity index (χ3v) is 5.35. The number of benzene rings is 2. The number of amides is 1. The maximum Gasteiger partial charge on any atom is 0.251 e. The molecule has 136 valence electrons. The summed E-state index contributed by atoms with van der Waals surface area (Å²) in [7, 11) is 0. The number of hydrogen-bond acceptors (Lipinski definition) is 3. The highest BCUT2D eigenvalue weighted by atomic mass is 79.9. The van der Waals surface area contributed by atoms with Crippen LogP contribution in [0.2, 0.25) is 0 Å². The van der Waals surface area contributed by atoms with Crippen LogP contribution < -0.4 is 10.2 Å². The number of carbonyl (C=O) groups is 1. The molecule has 0 radical (unpaired) electrons. The number of nitrogens with zero attached hydrogens (tertiary/aromatic N) is 2. The van der Waals surface area contributed by atoms with E-state index in [4.69, 9.17) is 0 Å². The van der Waals surface area contributed by atoms with Crippen molar-refractivity contribution in [3.8, 4) is 0 Å². The van der Waals surface area contributed by atoms with Gasteiger partial charge < -0.3 is 10.2 Å². The molecule has 0 saturated carbocycles. The van der Waals surface area contributed by atoms with Gasteiger partial charge in [0.25, 0.3) is 5.91 Å². The Kier molecular flexibility index (Phi) is 5.21. The highest BCUT2D eigenvalue weighted by molar-refractivity contribution is 9.10. The molecule has 1 aliphatic heterocycles. The number of pyridine rings is 1. The molecule has 1 aromatic heterocycles. The molecule has 1 aliphatic rings. The zero-order valence-corrected chi connectivity index (χ0v) is 16.4. The fraction of sp³-hybridized carbons (Fsp3) is 0.182. The maximum absolute atomic E-state index is 12.2. The first-order valence-corrected chi connectivity index (χ1v) is 9.79. The third-order valence-electron chi connectivity index (χ3n) is 4.82. The third kappa shape index (κ3) is 4.19. The van der Waals surface area contributed by atoms with Crippen LogP contribution in [0.15, 0.2) is 71.3 Å². The largest absolute Gasteiger partial charge is 0.352 e. The van der Waals surface area contributed by atoms with Crippen molar-refractivity contribution in [1.82, 2.24) is 10.3 Å². The van der Waals surface area contributed by atoms with Crippen molar-refractivity contribution in [2.45, 2.75) is 19.5 Å². The van der Waals surface area contributed by atoms with Crippen LogP contribution >= 0.6 is 15.9 Å². The van der Waals surface area contributed by atoms with Crippen LogP contribution in [0.1, 0.15) is 27.0 Å². The fourth-order valence-corrected chi connectivity index (χ4v) is 3.55. The Labute approximate surface area is 167 Å². The molecule has 4 nitrogen and oxygen atoms in total. The molecule has 0 unspecified atom stereocenters. The van der Waals surface area contributed by atoms with E-state index in [1.165, 1.54) is 11.1 Å². The monoisotopic (exact) mass is 421 g/mol.